The molecule has 1 aromatic heterocycles. The molecule has 0 amide bonds. The molecular weight excluding hydrogens is 194 g/mol. The number of aromatic nitrogens is 2. The lowest BCUT2D eigenvalue weighted by atomic mass is 10.3. The van der Waals surface area contributed by atoms with E-state index in [-0.39, 0.29) is 0 Å². The number of benzene rings is 1. The van der Waals surface area contributed by atoms with E-state index in [9.17, 15) is 0 Å². The van der Waals surface area contributed by atoms with E-state index < -0.39 is 0 Å². The van der Waals surface area contributed by atoms with Crippen LogP contribution in [-0.2, 0) is 0 Å². The molecule has 1 heterocycles. The average molecular weight is 205 g/mol. The van der Waals surface area contributed by atoms with Crippen LogP contribution in [0.5, 0.6) is 0 Å². The Kier molecular flexibility index (Phi) is 2.45. The quantitative estimate of drug-likeness (QED) is 0.603. The third-order valence-corrected chi connectivity index (χ3v) is 2.61. The van der Waals surface area contributed by atoms with Crippen molar-refractivity contribution < 1.29 is 0 Å². The van der Waals surface area contributed by atoms with Gasteiger partial charge in [-0.25, -0.2) is 4.98 Å². The van der Waals surface area contributed by atoms with E-state index in [0.717, 1.165) is 16.5 Å². The largest absolute Gasteiger partial charge is 0.399 e. The van der Waals surface area contributed by atoms with Gasteiger partial charge in [0.1, 0.15) is 0 Å². The van der Waals surface area contributed by atoms with Crippen LogP contribution in [0.2, 0.25) is 0 Å². The molecule has 1 aromatic carbocycles. The van der Waals surface area contributed by atoms with Crippen molar-refractivity contribution in [1.29, 1.82) is 0 Å². The first-order valence-corrected chi connectivity index (χ1v) is 5.47. The average Bonchev–Trinajstić information content (AvgIpc) is 2.65. The summed E-state index contributed by atoms with van der Waals surface area (Å²) in [5.41, 5.74) is 7.53. The smallest absolute Gasteiger partial charge is 0.172 e. The first-order chi connectivity index (χ1) is 6.81. The van der Waals surface area contributed by atoms with Gasteiger partial charge in [0.15, 0.2) is 5.16 Å². The predicted octanol–water partition coefficient (Wildman–Crippen LogP) is 2.18. The summed E-state index contributed by atoms with van der Waals surface area (Å²) < 4.78 is 2.01. The molecule has 0 aliphatic heterocycles. The summed E-state index contributed by atoms with van der Waals surface area (Å²) in [6.07, 6.45) is 5.72. The number of thioether (sulfide) groups is 1. The van der Waals surface area contributed by atoms with E-state index in [1.165, 1.54) is 0 Å². The molecule has 0 saturated heterocycles. The SMILES string of the molecule is CSc1nccn1-c1cccc(N)c1. The normalized spacial score (nSPS) is 10.4. The van der Waals surface area contributed by atoms with Crippen molar-refractivity contribution in [1.82, 2.24) is 9.55 Å². The standard InChI is InChI=1S/C10H11N3S/c1-14-10-12-5-6-13(10)9-4-2-3-8(11)7-9/h2-7H,11H2,1H3. The number of anilines is 1. The molecule has 0 saturated carbocycles. The first kappa shape index (κ1) is 9.15. The molecule has 3 nitrogen and oxygen atoms in total. The maximum Gasteiger partial charge on any atom is 0.172 e. The third-order valence-electron chi connectivity index (χ3n) is 1.94. The number of imidazole rings is 1. The van der Waals surface area contributed by atoms with Gasteiger partial charge in [-0.2, -0.15) is 0 Å². The number of hydrogen-bond acceptors (Lipinski definition) is 3. The summed E-state index contributed by atoms with van der Waals surface area (Å²) in [5, 5.41) is 0.968. The van der Waals surface area contributed by atoms with E-state index >= 15 is 0 Å². The molecule has 0 spiro atoms. The Bertz CT molecular complexity index is 436. The highest BCUT2D eigenvalue weighted by Gasteiger charge is 2.02. The lowest BCUT2D eigenvalue weighted by Gasteiger charge is -2.05. The first-order valence-electron chi connectivity index (χ1n) is 4.24. The van der Waals surface area contributed by atoms with Crippen LogP contribution in [0.3, 0.4) is 0 Å². The molecule has 2 rings (SSSR count). The summed E-state index contributed by atoms with van der Waals surface area (Å²) in [5.74, 6) is 0. The van der Waals surface area contributed by atoms with Crippen molar-refractivity contribution in [2.75, 3.05) is 12.0 Å². The van der Waals surface area contributed by atoms with Gasteiger partial charge in [0, 0.05) is 23.8 Å². The highest BCUT2D eigenvalue weighted by atomic mass is 32.2. The minimum Gasteiger partial charge on any atom is -0.399 e. The number of rotatable bonds is 2. The second-order valence-corrected chi connectivity index (χ2v) is 3.65. The van der Waals surface area contributed by atoms with Crippen LogP contribution in [0.4, 0.5) is 5.69 Å². The molecule has 2 aromatic rings. The highest BCUT2D eigenvalue weighted by Crippen LogP contribution is 2.19. The molecule has 0 bridgehead atoms. The molecule has 14 heavy (non-hydrogen) atoms. The lowest BCUT2D eigenvalue weighted by molar-refractivity contribution is 0.898. The van der Waals surface area contributed by atoms with Gasteiger partial charge in [0.05, 0.1) is 0 Å². The van der Waals surface area contributed by atoms with Crippen molar-refractivity contribution in [2.24, 2.45) is 0 Å². The minimum absolute atomic E-state index is 0.767. The van der Waals surface area contributed by atoms with Gasteiger partial charge >= 0.3 is 0 Å². The predicted molar refractivity (Wildman–Crippen MR) is 59.8 cm³/mol. The molecule has 0 fully saturated rings. The zero-order chi connectivity index (χ0) is 9.97. The molecule has 0 atom stereocenters. The Hall–Kier alpha value is -1.42. The highest BCUT2D eigenvalue weighted by molar-refractivity contribution is 7.98. The van der Waals surface area contributed by atoms with Crippen LogP contribution in [0, 0.1) is 0 Å². The van der Waals surface area contributed by atoms with Gasteiger partial charge in [-0.1, -0.05) is 17.8 Å². The fraction of sp³-hybridized carbons (Fsp3) is 0.100. The van der Waals surface area contributed by atoms with E-state index in [4.69, 9.17) is 5.73 Å². The second kappa shape index (κ2) is 3.75. The van der Waals surface area contributed by atoms with Gasteiger partial charge < -0.3 is 5.73 Å². The fourth-order valence-electron chi connectivity index (χ4n) is 1.31. The molecule has 2 N–H and O–H groups in total. The Labute approximate surface area is 87.0 Å². The molecule has 0 radical (unpaired) electrons. The van der Waals surface area contributed by atoms with Gasteiger partial charge in [-0.05, 0) is 24.5 Å². The maximum atomic E-state index is 5.72. The van der Waals surface area contributed by atoms with Crippen molar-refractivity contribution in [3.05, 3.63) is 36.7 Å². The summed E-state index contributed by atoms with van der Waals surface area (Å²) in [6, 6.07) is 7.76. The van der Waals surface area contributed by atoms with Crippen molar-refractivity contribution in [2.45, 2.75) is 5.16 Å². The van der Waals surface area contributed by atoms with Crippen LogP contribution in [-0.4, -0.2) is 15.8 Å². The molecule has 0 aliphatic carbocycles. The van der Waals surface area contributed by atoms with Gasteiger partial charge in [0.25, 0.3) is 0 Å². The summed E-state index contributed by atoms with van der Waals surface area (Å²) in [6.45, 7) is 0. The van der Waals surface area contributed by atoms with E-state index in [0.29, 0.717) is 0 Å². The van der Waals surface area contributed by atoms with E-state index in [1.54, 1.807) is 18.0 Å². The Morgan fingerprint density at radius 1 is 1.43 bits per heavy atom. The molecule has 4 heteroatoms. The molecule has 0 unspecified atom stereocenters. The van der Waals surface area contributed by atoms with Crippen LogP contribution < -0.4 is 5.73 Å². The zero-order valence-electron chi connectivity index (χ0n) is 7.84. The Morgan fingerprint density at radius 2 is 2.29 bits per heavy atom. The fourth-order valence-corrected chi connectivity index (χ4v) is 1.84. The summed E-state index contributed by atoms with van der Waals surface area (Å²) in [7, 11) is 0. The van der Waals surface area contributed by atoms with Crippen LogP contribution in [0.1, 0.15) is 0 Å². The summed E-state index contributed by atoms with van der Waals surface area (Å²) in [4.78, 5) is 4.23. The van der Waals surface area contributed by atoms with Crippen LogP contribution in [0.15, 0.2) is 41.8 Å². The number of nitrogens with zero attached hydrogens (tertiary/aromatic N) is 2. The number of hydrogen-bond donors (Lipinski definition) is 1. The van der Waals surface area contributed by atoms with Crippen molar-refractivity contribution in [3.8, 4) is 5.69 Å². The molecule has 72 valence electrons. The van der Waals surface area contributed by atoms with Gasteiger partial charge in [-0.3, -0.25) is 4.57 Å². The Balaban J connectivity index is 2.49. The van der Waals surface area contributed by atoms with Crippen LogP contribution in [0.25, 0.3) is 5.69 Å². The van der Waals surface area contributed by atoms with Gasteiger partial charge in [-0.15, -0.1) is 0 Å². The van der Waals surface area contributed by atoms with Crippen molar-refractivity contribution in [3.63, 3.8) is 0 Å². The third kappa shape index (κ3) is 1.61. The molecular formula is C10H11N3S. The number of nitrogens with two attached hydrogens (primary N) is 1. The summed E-state index contributed by atoms with van der Waals surface area (Å²) >= 11 is 1.61. The lowest BCUT2D eigenvalue weighted by Crippen LogP contribution is -1.95. The topological polar surface area (TPSA) is 43.8 Å². The van der Waals surface area contributed by atoms with Crippen molar-refractivity contribution >= 4 is 17.4 Å². The minimum atomic E-state index is 0.767. The maximum absolute atomic E-state index is 5.72. The van der Waals surface area contributed by atoms with Crippen LogP contribution >= 0.6 is 11.8 Å². The van der Waals surface area contributed by atoms with E-state index in [2.05, 4.69) is 4.98 Å². The Morgan fingerprint density at radius 3 is 3.00 bits per heavy atom. The molecule has 0 aliphatic rings. The number of nitrogen functional groups attached to an aromatic ring is 1. The zero-order valence-corrected chi connectivity index (χ0v) is 8.66. The monoisotopic (exact) mass is 205 g/mol. The van der Waals surface area contributed by atoms with Gasteiger partial charge in [0.2, 0.25) is 0 Å². The second-order valence-electron chi connectivity index (χ2n) is 2.88. The van der Waals surface area contributed by atoms with E-state index in [1.807, 2.05) is 41.3 Å².